The van der Waals surface area contributed by atoms with E-state index in [1.807, 2.05) is 6.07 Å². The fourth-order valence-corrected chi connectivity index (χ4v) is 2.42. The molecule has 1 aromatic heterocycles. The minimum atomic E-state index is -0.463. The van der Waals surface area contributed by atoms with Crippen molar-refractivity contribution in [2.75, 3.05) is 31.2 Å². The standard InChI is InChI=1S/C18H20N2O5/c1-3-24-16(22)10-20(11-17(23)25-4-2)15-7-5-6-13-8-9-14(12-21)19-18(13)15/h5-9,12H,3-4,10-11H2,1-2H3. The number of hydrogen-bond acceptors (Lipinski definition) is 7. The average molecular weight is 344 g/mol. The minimum absolute atomic E-state index is 0.126. The fourth-order valence-electron chi connectivity index (χ4n) is 2.42. The molecule has 0 amide bonds. The number of pyridine rings is 1. The number of ether oxygens (including phenoxy) is 2. The molecule has 0 atom stereocenters. The van der Waals surface area contributed by atoms with Gasteiger partial charge in [-0.25, -0.2) is 4.98 Å². The molecule has 0 spiro atoms. The summed E-state index contributed by atoms with van der Waals surface area (Å²) in [6.07, 6.45) is 0.650. The van der Waals surface area contributed by atoms with Crippen LogP contribution < -0.4 is 4.90 Å². The van der Waals surface area contributed by atoms with E-state index in [0.717, 1.165) is 5.39 Å². The Morgan fingerprint density at radius 3 is 2.24 bits per heavy atom. The van der Waals surface area contributed by atoms with Crippen molar-refractivity contribution in [1.29, 1.82) is 0 Å². The Balaban J connectivity index is 2.44. The molecule has 25 heavy (non-hydrogen) atoms. The van der Waals surface area contributed by atoms with Gasteiger partial charge in [0, 0.05) is 5.39 Å². The molecule has 0 radical (unpaired) electrons. The number of fused-ring (bicyclic) bond motifs is 1. The molecular formula is C18H20N2O5. The van der Waals surface area contributed by atoms with Gasteiger partial charge in [-0.05, 0) is 26.0 Å². The molecule has 0 aliphatic rings. The van der Waals surface area contributed by atoms with Crippen molar-refractivity contribution >= 4 is 34.8 Å². The van der Waals surface area contributed by atoms with Gasteiger partial charge in [-0.1, -0.05) is 18.2 Å². The number of carbonyl (C=O) groups is 3. The lowest BCUT2D eigenvalue weighted by atomic mass is 10.1. The molecule has 0 N–H and O–H groups in total. The monoisotopic (exact) mass is 344 g/mol. The Labute approximate surface area is 145 Å². The Hall–Kier alpha value is -2.96. The molecule has 0 bridgehead atoms. The molecule has 0 aliphatic heterocycles. The van der Waals surface area contributed by atoms with E-state index < -0.39 is 11.9 Å². The molecule has 132 valence electrons. The molecule has 0 aliphatic carbocycles. The number of esters is 2. The zero-order chi connectivity index (χ0) is 18.2. The van der Waals surface area contributed by atoms with Crippen LogP contribution in [0.4, 0.5) is 5.69 Å². The SMILES string of the molecule is CCOC(=O)CN(CC(=O)OCC)c1cccc2ccc(C=O)nc12. The zero-order valence-corrected chi connectivity index (χ0v) is 14.2. The largest absolute Gasteiger partial charge is 0.465 e. The Morgan fingerprint density at radius 1 is 1.04 bits per heavy atom. The van der Waals surface area contributed by atoms with Gasteiger partial charge in [0.15, 0.2) is 6.29 Å². The predicted molar refractivity (Wildman–Crippen MR) is 92.6 cm³/mol. The summed E-state index contributed by atoms with van der Waals surface area (Å²) < 4.78 is 9.97. The highest BCUT2D eigenvalue weighted by Crippen LogP contribution is 2.25. The van der Waals surface area contributed by atoms with E-state index in [-0.39, 0.29) is 32.0 Å². The maximum absolute atomic E-state index is 11.9. The van der Waals surface area contributed by atoms with E-state index in [1.54, 1.807) is 43.0 Å². The number of aldehydes is 1. The number of aromatic nitrogens is 1. The second kappa shape index (κ2) is 8.77. The van der Waals surface area contributed by atoms with Crippen LogP contribution in [-0.4, -0.2) is 49.5 Å². The van der Waals surface area contributed by atoms with Gasteiger partial charge in [0.2, 0.25) is 0 Å². The van der Waals surface area contributed by atoms with E-state index in [4.69, 9.17) is 9.47 Å². The lowest BCUT2D eigenvalue weighted by molar-refractivity contribution is -0.142. The number of rotatable bonds is 8. The number of nitrogens with zero attached hydrogens (tertiary/aromatic N) is 2. The molecule has 7 nitrogen and oxygen atoms in total. The number of hydrogen-bond donors (Lipinski definition) is 0. The third-order valence-electron chi connectivity index (χ3n) is 3.43. The Bertz CT molecular complexity index is 755. The molecule has 7 heteroatoms. The smallest absolute Gasteiger partial charge is 0.325 e. The first-order chi connectivity index (χ1) is 12.1. The van der Waals surface area contributed by atoms with Gasteiger partial charge < -0.3 is 14.4 Å². The van der Waals surface area contributed by atoms with E-state index in [1.165, 1.54) is 0 Å². The van der Waals surface area contributed by atoms with Gasteiger partial charge in [-0.3, -0.25) is 14.4 Å². The number of benzene rings is 1. The maximum Gasteiger partial charge on any atom is 0.325 e. The van der Waals surface area contributed by atoms with Crippen molar-refractivity contribution in [3.8, 4) is 0 Å². The van der Waals surface area contributed by atoms with Crippen LogP contribution in [0.1, 0.15) is 24.3 Å². The molecule has 1 aromatic carbocycles. The zero-order valence-electron chi connectivity index (χ0n) is 14.2. The predicted octanol–water partition coefficient (Wildman–Crippen LogP) is 1.98. The molecule has 0 saturated heterocycles. The normalized spacial score (nSPS) is 10.3. The Kier molecular flexibility index (Phi) is 6.45. The van der Waals surface area contributed by atoms with Gasteiger partial charge in [0.05, 0.1) is 24.4 Å². The lowest BCUT2D eigenvalue weighted by Gasteiger charge is -2.23. The number of para-hydroxylation sites is 1. The molecule has 2 aromatic rings. The Morgan fingerprint density at radius 2 is 1.68 bits per heavy atom. The number of carbonyl (C=O) groups excluding carboxylic acids is 3. The van der Waals surface area contributed by atoms with Crippen molar-refractivity contribution in [3.05, 3.63) is 36.0 Å². The highest BCUT2D eigenvalue weighted by atomic mass is 16.5. The fraction of sp³-hybridized carbons (Fsp3) is 0.333. The van der Waals surface area contributed by atoms with Gasteiger partial charge in [0.1, 0.15) is 18.8 Å². The molecule has 2 rings (SSSR count). The number of anilines is 1. The van der Waals surface area contributed by atoms with Gasteiger partial charge in [-0.15, -0.1) is 0 Å². The van der Waals surface area contributed by atoms with Crippen LogP contribution >= 0.6 is 0 Å². The second-order valence-corrected chi connectivity index (χ2v) is 5.17. The van der Waals surface area contributed by atoms with E-state index in [2.05, 4.69) is 4.98 Å². The molecule has 0 saturated carbocycles. The summed E-state index contributed by atoms with van der Waals surface area (Å²) in [6.45, 7) is 3.66. The summed E-state index contributed by atoms with van der Waals surface area (Å²) in [5.74, 6) is -0.925. The second-order valence-electron chi connectivity index (χ2n) is 5.17. The first-order valence-corrected chi connectivity index (χ1v) is 8.00. The first kappa shape index (κ1) is 18.4. The molecular weight excluding hydrogens is 324 g/mol. The van der Waals surface area contributed by atoms with Crippen LogP contribution in [0.3, 0.4) is 0 Å². The summed E-state index contributed by atoms with van der Waals surface area (Å²) in [5.41, 5.74) is 1.36. The van der Waals surface area contributed by atoms with Crippen molar-refractivity contribution in [3.63, 3.8) is 0 Å². The molecule has 1 heterocycles. The summed E-state index contributed by atoms with van der Waals surface area (Å²) in [6, 6.07) is 8.75. The van der Waals surface area contributed by atoms with Crippen molar-refractivity contribution in [2.24, 2.45) is 0 Å². The van der Waals surface area contributed by atoms with E-state index >= 15 is 0 Å². The van der Waals surface area contributed by atoms with Crippen molar-refractivity contribution < 1.29 is 23.9 Å². The van der Waals surface area contributed by atoms with Crippen molar-refractivity contribution in [1.82, 2.24) is 4.98 Å². The van der Waals surface area contributed by atoms with Crippen LogP contribution in [-0.2, 0) is 19.1 Å². The third-order valence-corrected chi connectivity index (χ3v) is 3.43. The molecule has 0 unspecified atom stereocenters. The van der Waals surface area contributed by atoms with Crippen LogP contribution in [0.25, 0.3) is 10.9 Å². The maximum atomic E-state index is 11.9. The molecule has 0 fully saturated rings. The summed E-state index contributed by atoms with van der Waals surface area (Å²) in [7, 11) is 0. The highest BCUT2D eigenvalue weighted by molar-refractivity contribution is 5.95. The van der Waals surface area contributed by atoms with Crippen LogP contribution in [0.5, 0.6) is 0 Å². The summed E-state index contributed by atoms with van der Waals surface area (Å²) in [5, 5.41) is 0.792. The van der Waals surface area contributed by atoms with Crippen LogP contribution in [0.15, 0.2) is 30.3 Å². The summed E-state index contributed by atoms with van der Waals surface area (Å²) >= 11 is 0. The van der Waals surface area contributed by atoms with Crippen LogP contribution in [0.2, 0.25) is 0 Å². The summed E-state index contributed by atoms with van der Waals surface area (Å²) in [4.78, 5) is 40.7. The lowest BCUT2D eigenvalue weighted by Crippen LogP contribution is -2.36. The minimum Gasteiger partial charge on any atom is -0.465 e. The highest BCUT2D eigenvalue weighted by Gasteiger charge is 2.19. The van der Waals surface area contributed by atoms with Crippen LogP contribution in [0, 0.1) is 0 Å². The third kappa shape index (κ3) is 4.76. The van der Waals surface area contributed by atoms with E-state index in [9.17, 15) is 14.4 Å². The topological polar surface area (TPSA) is 85.8 Å². The quantitative estimate of drug-likeness (QED) is 0.534. The average Bonchev–Trinajstić information content (AvgIpc) is 2.60. The van der Waals surface area contributed by atoms with Gasteiger partial charge >= 0.3 is 11.9 Å². The van der Waals surface area contributed by atoms with E-state index in [0.29, 0.717) is 17.5 Å². The first-order valence-electron chi connectivity index (χ1n) is 8.00. The van der Waals surface area contributed by atoms with Crippen molar-refractivity contribution in [2.45, 2.75) is 13.8 Å². The van der Waals surface area contributed by atoms with Gasteiger partial charge in [0.25, 0.3) is 0 Å². The van der Waals surface area contributed by atoms with Gasteiger partial charge in [-0.2, -0.15) is 0 Å².